The Hall–Kier alpha value is -1.06. The smallest absolute Gasteiger partial charge is 0.107 e. The van der Waals surface area contributed by atoms with Crippen molar-refractivity contribution < 1.29 is 9.84 Å². The minimum Gasteiger partial charge on any atom is -0.398 e. The second-order valence-corrected chi connectivity index (χ2v) is 4.13. The van der Waals surface area contributed by atoms with Crippen LogP contribution >= 0.6 is 0 Å². The molecule has 1 aliphatic rings. The van der Waals surface area contributed by atoms with Crippen molar-refractivity contribution in [3.8, 4) is 0 Å². The van der Waals surface area contributed by atoms with Crippen molar-refractivity contribution in [2.24, 2.45) is 0 Å². The minimum atomic E-state index is -0.590. The number of rotatable bonds is 2. The lowest BCUT2D eigenvalue weighted by Gasteiger charge is -2.19. The number of nitrogens with two attached hydrogens (primary N) is 1. The van der Waals surface area contributed by atoms with Gasteiger partial charge >= 0.3 is 0 Å². The highest BCUT2D eigenvalue weighted by molar-refractivity contribution is 5.50. The quantitative estimate of drug-likeness (QED) is 0.727. The molecule has 3 nitrogen and oxygen atoms in total. The number of aryl methyl sites for hydroxylation is 1. The van der Waals surface area contributed by atoms with Crippen LogP contribution in [0.2, 0.25) is 0 Å². The number of aliphatic hydroxyl groups is 1. The number of hydrogen-bond acceptors (Lipinski definition) is 3. The van der Waals surface area contributed by atoms with Crippen LogP contribution in [0.5, 0.6) is 0 Å². The summed E-state index contributed by atoms with van der Waals surface area (Å²) in [6, 6.07) is 5.71. The summed E-state index contributed by atoms with van der Waals surface area (Å²) in [5, 5.41) is 10.1. The third kappa shape index (κ3) is 2.13. The summed E-state index contributed by atoms with van der Waals surface area (Å²) in [5.41, 5.74) is 8.39. The molecule has 1 fully saturated rings. The molecular weight excluding hydrogens is 190 g/mol. The van der Waals surface area contributed by atoms with Crippen molar-refractivity contribution in [2.45, 2.75) is 32.0 Å². The van der Waals surface area contributed by atoms with Crippen LogP contribution in [-0.2, 0) is 4.74 Å². The molecule has 15 heavy (non-hydrogen) atoms. The van der Waals surface area contributed by atoms with E-state index in [-0.39, 0.29) is 6.10 Å². The lowest BCUT2D eigenvalue weighted by molar-refractivity contribution is -0.00224. The normalized spacial score (nSPS) is 22.9. The topological polar surface area (TPSA) is 55.5 Å². The van der Waals surface area contributed by atoms with Crippen molar-refractivity contribution in [3.63, 3.8) is 0 Å². The summed E-state index contributed by atoms with van der Waals surface area (Å²) in [4.78, 5) is 0. The van der Waals surface area contributed by atoms with Gasteiger partial charge in [-0.15, -0.1) is 0 Å². The Labute approximate surface area is 89.9 Å². The Balaban J connectivity index is 2.23. The maximum atomic E-state index is 10.1. The molecule has 3 heteroatoms. The van der Waals surface area contributed by atoms with Crippen molar-refractivity contribution in [2.75, 3.05) is 12.3 Å². The Kier molecular flexibility index (Phi) is 2.93. The van der Waals surface area contributed by atoms with Gasteiger partial charge in [0.1, 0.15) is 6.10 Å². The highest BCUT2D eigenvalue weighted by Crippen LogP contribution is 2.30. The molecule has 0 bridgehead atoms. The average molecular weight is 207 g/mol. The van der Waals surface area contributed by atoms with Crippen molar-refractivity contribution in [1.29, 1.82) is 0 Å². The van der Waals surface area contributed by atoms with Crippen LogP contribution in [0.4, 0.5) is 5.69 Å². The van der Waals surface area contributed by atoms with Crippen LogP contribution in [0, 0.1) is 6.92 Å². The van der Waals surface area contributed by atoms with Gasteiger partial charge in [0.15, 0.2) is 0 Å². The predicted molar refractivity (Wildman–Crippen MR) is 59.5 cm³/mol. The zero-order chi connectivity index (χ0) is 10.8. The largest absolute Gasteiger partial charge is 0.398 e. The van der Waals surface area contributed by atoms with E-state index in [0.29, 0.717) is 5.69 Å². The van der Waals surface area contributed by atoms with Crippen LogP contribution in [0.25, 0.3) is 0 Å². The molecule has 2 rings (SSSR count). The first kappa shape index (κ1) is 10.5. The molecule has 1 aromatic carbocycles. The van der Waals surface area contributed by atoms with Gasteiger partial charge in [-0.1, -0.05) is 17.7 Å². The van der Waals surface area contributed by atoms with E-state index < -0.39 is 6.10 Å². The van der Waals surface area contributed by atoms with Gasteiger partial charge in [-0.3, -0.25) is 0 Å². The van der Waals surface area contributed by atoms with Gasteiger partial charge in [0.25, 0.3) is 0 Å². The van der Waals surface area contributed by atoms with E-state index in [1.165, 1.54) is 0 Å². The maximum absolute atomic E-state index is 10.1. The third-order valence-corrected chi connectivity index (χ3v) is 2.88. The van der Waals surface area contributed by atoms with Crippen LogP contribution in [0.1, 0.15) is 30.1 Å². The molecule has 1 saturated heterocycles. The maximum Gasteiger partial charge on any atom is 0.107 e. The predicted octanol–water partition coefficient (Wildman–Crippen LogP) is 1.79. The van der Waals surface area contributed by atoms with Crippen molar-refractivity contribution in [1.82, 2.24) is 0 Å². The third-order valence-electron chi connectivity index (χ3n) is 2.88. The molecule has 0 aliphatic carbocycles. The van der Waals surface area contributed by atoms with Crippen molar-refractivity contribution >= 4 is 5.69 Å². The number of anilines is 1. The standard InChI is InChI=1S/C12H17NO2/c1-8-4-5-10(13)9(7-8)12(14)11-3-2-6-15-11/h4-5,7,11-12,14H,2-3,6,13H2,1H3. The summed E-state index contributed by atoms with van der Waals surface area (Å²) >= 11 is 0. The minimum absolute atomic E-state index is 0.0888. The number of hydrogen-bond donors (Lipinski definition) is 2. The first-order chi connectivity index (χ1) is 7.18. The number of benzene rings is 1. The molecule has 0 aromatic heterocycles. The molecule has 3 N–H and O–H groups in total. The second-order valence-electron chi connectivity index (χ2n) is 4.13. The molecule has 1 aromatic rings. The highest BCUT2D eigenvalue weighted by Gasteiger charge is 2.26. The Bertz CT molecular complexity index is 345. The van der Waals surface area contributed by atoms with Crippen molar-refractivity contribution in [3.05, 3.63) is 29.3 Å². The molecule has 1 aliphatic heterocycles. The fraction of sp³-hybridized carbons (Fsp3) is 0.500. The molecule has 82 valence electrons. The number of nitrogen functional groups attached to an aromatic ring is 1. The molecule has 0 amide bonds. The zero-order valence-electron chi connectivity index (χ0n) is 8.94. The summed E-state index contributed by atoms with van der Waals surface area (Å²) < 4.78 is 5.46. The summed E-state index contributed by atoms with van der Waals surface area (Å²) in [5.74, 6) is 0. The van der Waals surface area contributed by atoms with Gasteiger partial charge in [-0.05, 0) is 25.8 Å². The van der Waals surface area contributed by atoms with E-state index in [1.807, 2.05) is 25.1 Å². The zero-order valence-corrected chi connectivity index (χ0v) is 8.94. The highest BCUT2D eigenvalue weighted by atomic mass is 16.5. The van der Waals surface area contributed by atoms with Gasteiger partial charge < -0.3 is 15.6 Å². The van der Waals surface area contributed by atoms with E-state index in [2.05, 4.69) is 0 Å². The Morgan fingerprint density at radius 3 is 3.00 bits per heavy atom. The fourth-order valence-corrected chi connectivity index (χ4v) is 2.00. The number of ether oxygens (including phenoxy) is 1. The molecular formula is C12H17NO2. The molecule has 2 unspecified atom stereocenters. The van der Waals surface area contributed by atoms with E-state index in [4.69, 9.17) is 10.5 Å². The Morgan fingerprint density at radius 1 is 1.53 bits per heavy atom. The lowest BCUT2D eigenvalue weighted by Crippen LogP contribution is -2.18. The average Bonchev–Trinajstić information content (AvgIpc) is 2.74. The monoisotopic (exact) mass is 207 g/mol. The van der Waals surface area contributed by atoms with Gasteiger partial charge in [-0.2, -0.15) is 0 Å². The number of aliphatic hydroxyl groups excluding tert-OH is 1. The molecule has 0 radical (unpaired) electrons. The summed E-state index contributed by atoms with van der Waals surface area (Å²) in [7, 11) is 0. The van der Waals surface area contributed by atoms with Crippen LogP contribution < -0.4 is 5.73 Å². The summed E-state index contributed by atoms with van der Waals surface area (Å²) in [6.45, 7) is 2.73. The summed E-state index contributed by atoms with van der Waals surface area (Å²) in [6.07, 6.45) is 1.25. The first-order valence-electron chi connectivity index (χ1n) is 5.34. The van der Waals surface area contributed by atoms with E-state index >= 15 is 0 Å². The first-order valence-corrected chi connectivity index (χ1v) is 5.34. The van der Waals surface area contributed by atoms with E-state index in [9.17, 15) is 5.11 Å². The van der Waals surface area contributed by atoms with E-state index in [0.717, 1.165) is 30.6 Å². The van der Waals surface area contributed by atoms with Gasteiger partial charge in [0.05, 0.1) is 6.10 Å². The molecule has 0 saturated carbocycles. The van der Waals surface area contributed by atoms with Crippen LogP contribution in [0.3, 0.4) is 0 Å². The van der Waals surface area contributed by atoms with E-state index in [1.54, 1.807) is 0 Å². The van der Waals surface area contributed by atoms with Gasteiger partial charge in [-0.25, -0.2) is 0 Å². The lowest BCUT2D eigenvalue weighted by atomic mass is 9.99. The SMILES string of the molecule is Cc1ccc(N)c(C(O)C2CCCO2)c1. The van der Waals surface area contributed by atoms with Crippen LogP contribution in [-0.4, -0.2) is 17.8 Å². The molecule has 2 atom stereocenters. The van der Waals surface area contributed by atoms with Gasteiger partial charge in [0, 0.05) is 17.9 Å². The Morgan fingerprint density at radius 2 is 2.33 bits per heavy atom. The fourth-order valence-electron chi connectivity index (χ4n) is 2.00. The van der Waals surface area contributed by atoms with Gasteiger partial charge in [0.2, 0.25) is 0 Å². The second kappa shape index (κ2) is 4.21. The van der Waals surface area contributed by atoms with Crippen LogP contribution in [0.15, 0.2) is 18.2 Å². The molecule has 1 heterocycles. The molecule has 0 spiro atoms.